The van der Waals surface area contributed by atoms with Gasteiger partial charge in [-0.1, -0.05) is 20.3 Å². The van der Waals surface area contributed by atoms with Crippen molar-refractivity contribution in [2.45, 2.75) is 89.8 Å². The van der Waals surface area contributed by atoms with Gasteiger partial charge in [0.15, 0.2) is 6.04 Å². The number of unbranched alkanes of at least 4 members (excludes halogenated alkanes) is 1. The standard InChI is InChI=1S/C20H39N5O7/c1-10(2)9-14(23-17(28)13(22)7-5-6-8-21)18(29)24-15(11(3)26)19(30)25-16(12(4)27)20(31)32/h10-16,26-27H,5-9,21-22H2,1-4H3,(H,23,28)(H,24,29)(H,25,30)(H,31,32). The summed E-state index contributed by atoms with van der Waals surface area (Å²) in [6.07, 6.45) is -0.775. The van der Waals surface area contributed by atoms with E-state index in [-0.39, 0.29) is 12.3 Å². The summed E-state index contributed by atoms with van der Waals surface area (Å²) in [7, 11) is 0. The normalized spacial score (nSPS) is 16.9. The summed E-state index contributed by atoms with van der Waals surface area (Å²) in [6, 6.07) is -4.99. The molecule has 0 aromatic carbocycles. The van der Waals surface area contributed by atoms with Crippen LogP contribution < -0.4 is 27.4 Å². The molecule has 12 heteroatoms. The molecule has 0 saturated carbocycles. The van der Waals surface area contributed by atoms with Gasteiger partial charge in [0.2, 0.25) is 17.7 Å². The van der Waals surface area contributed by atoms with Crippen LogP contribution in [0.1, 0.15) is 53.4 Å². The molecule has 0 rings (SSSR count). The van der Waals surface area contributed by atoms with E-state index in [1.54, 1.807) is 0 Å². The van der Waals surface area contributed by atoms with Gasteiger partial charge in [0, 0.05) is 0 Å². The van der Waals surface area contributed by atoms with E-state index < -0.39 is 60.1 Å². The molecule has 0 aliphatic rings. The SMILES string of the molecule is CC(C)CC(NC(=O)C(N)CCCCN)C(=O)NC(C(=O)NC(C(=O)O)C(C)O)C(C)O. The number of nitrogens with one attached hydrogen (secondary N) is 3. The molecule has 0 spiro atoms. The number of hydrogen-bond acceptors (Lipinski definition) is 8. The van der Waals surface area contributed by atoms with Gasteiger partial charge >= 0.3 is 5.97 Å². The molecule has 32 heavy (non-hydrogen) atoms. The summed E-state index contributed by atoms with van der Waals surface area (Å²) >= 11 is 0. The molecular weight excluding hydrogens is 422 g/mol. The number of rotatable bonds is 15. The largest absolute Gasteiger partial charge is 0.480 e. The lowest BCUT2D eigenvalue weighted by atomic mass is 10.0. The monoisotopic (exact) mass is 461 g/mol. The topological polar surface area (TPSA) is 217 Å². The third-order valence-electron chi connectivity index (χ3n) is 4.75. The van der Waals surface area contributed by atoms with Gasteiger partial charge in [-0.2, -0.15) is 0 Å². The zero-order chi connectivity index (χ0) is 25.0. The molecule has 12 nitrogen and oxygen atoms in total. The van der Waals surface area contributed by atoms with Gasteiger partial charge in [0.1, 0.15) is 12.1 Å². The number of carboxylic acids is 1. The highest BCUT2D eigenvalue weighted by Gasteiger charge is 2.34. The van der Waals surface area contributed by atoms with Crippen molar-refractivity contribution in [2.75, 3.05) is 6.54 Å². The average molecular weight is 462 g/mol. The fourth-order valence-electron chi connectivity index (χ4n) is 2.91. The minimum absolute atomic E-state index is 0.00460. The number of aliphatic hydroxyl groups excluding tert-OH is 2. The van der Waals surface area contributed by atoms with Crippen LogP contribution in [0.15, 0.2) is 0 Å². The molecule has 3 amide bonds. The van der Waals surface area contributed by atoms with Crippen LogP contribution in [0.25, 0.3) is 0 Å². The molecule has 0 aliphatic heterocycles. The molecule has 0 radical (unpaired) electrons. The van der Waals surface area contributed by atoms with E-state index in [9.17, 15) is 29.4 Å². The predicted octanol–water partition coefficient (Wildman–Crippen LogP) is -2.21. The van der Waals surface area contributed by atoms with Crippen molar-refractivity contribution < 1.29 is 34.5 Å². The van der Waals surface area contributed by atoms with Gasteiger partial charge in [-0.3, -0.25) is 14.4 Å². The fraction of sp³-hybridized carbons (Fsp3) is 0.800. The van der Waals surface area contributed by atoms with Crippen LogP contribution in [-0.2, 0) is 19.2 Å². The van der Waals surface area contributed by atoms with Crippen molar-refractivity contribution in [2.24, 2.45) is 17.4 Å². The van der Waals surface area contributed by atoms with Crippen molar-refractivity contribution >= 4 is 23.7 Å². The summed E-state index contributed by atoms with van der Waals surface area (Å²) in [5.41, 5.74) is 11.3. The third-order valence-corrected chi connectivity index (χ3v) is 4.75. The van der Waals surface area contributed by atoms with Crippen LogP contribution in [0.5, 0.6) is 0 Å². The Labute approximate surface area is 188 Å². The minimum atomic E-state index is -1.63. The number of carbonyl (C=O) groups is 4. The average Bonchev–Trinajstić information content (AvgIpc) is 2.68. The second-order valence-corrected chi connectivity index (χ2v) is 8.37. The lowest BCUT2D eigenvalue weighted by Crippen LogP contribution is -2.61. The lowest BCUT2D eigenvalue weighted by Gasteiger charge is -2.27. The van der Waals surface area contributed by atoms with Crippen LogP contribution in [0, 0.1) is 5.92 Å². The Morgan fingerprint density at radius 3 is 1.78 bits per heavy atom. The van der Waals surface area contributed by atoms with E-state index in [1.165, 1.54) is 13.8 Å². The van der Waals surface area contributed by atoms with Crippen molar-refractivity contribution in [1.29, 1.82) is 0 Å². The van der Waals surface area contributed by atoms with Gasteiger partial charge in [-0.05, 0) is 45.6 Å². The Balaban J connectivity index is 5.33. The summed E-state index contributed by atoms with van der Waals surface area (Å²) in [4.78, 5) is 48.9. The fourth-order valence-corrected chi connectivity index (χ4v) is 2.91. The number of aliphatic carboxylic acids is 1. The molecule has 10 N–H and O–H groups in total. The van der Waals surface area contributed by atoms with Crippen molar-refractivity contribution in [1.82, 2.24) is 16.0 Å². The first-order valence-electron chi connectivity index (χ1n) is 10.8. The lowest BCUT2D eigenvalue weighted by molar-refractivity contribution is -0.146. The van der Waals surface area contributed by atoms with E-state index in [0.29, 0.717) is 25.8 Å². The van der Waals surface area contributed by atoms with E-state index in [2.05, 4.69) is 16.0 Å². The maximum absolute atomic E-state index is 12.8. The molecular formula is C20H39N5O7. The highest BCUT2D eigenvalue weighted by atomic mass is 16.4. The number of aliphatic hydroxyl groups is 2. The van der Waals surface area contributed by atoms with E-state index in [0.717, 1.165) is 0 Å². The Morgan fingerprint density at radius 2 is 1.34 bits per heavy atom. The van der Waals surface area contributed by atoms with Gasteiger partial charge in [-0.15, -0.1) is 0 Å². The number of carboxylic acid groups (broad SMARTS) is 1. The first-order valence-corrected chi connectivity index (χ1v) is 10.8. The number of nitrogens with two attached hydrogens (primary N) is 2. The van der Waals surface area contributed by atoms with E-state index in [4.69, 9.17) is 16.6 Å². The molecule has 0 fully saturated rings. The number of amides is 3. The summed E-state index contributed by atoms with van der Waals surface area (Å²) < 4.78 is 0. The summed E-state index contributed by atoms with van der Waals surface area (Å²) in [5, 5.41) is 35.7. The van der Waals surface area contributed by atoms with Gasteiger partial charge in [0.05, 0.1) is 18.2 Å². The Bertz CT molecular complexity index is 627. The minimum Gasteiger partial charge on any atom is -0.480 e. The molecule has 0 heterocycles. The second-order valence-electron chi connectivity index (χ2n) is 8.37. The summed E-state index contributed by atoms with van der Waals surface area (Å²) in [5.74, 6) is -3.72. The Hall–Kier alpha value is -2.28. The molecule has 186 valence electrons. The van der Waals surface area contributed by atoms with Crippen LogP contribution in [0.2, 0.25) is 0 Å². The van der Waals surface area contributed by atoms with Crippen LogP contribution in [0.4, 0.5) is 0 Å². The van der Waals surface area contributed by atoms with E-state index in [1.807, 2.05) is 13.8 Å². The molecule has 0 aromatic heterocycles. The zero-order valence-electron chi connectivity index (χ0n) is 19.2. The quantitative estimate of drug-likeness (QED) is 0.124. The Kier molecular flexibility index (Phi) is 13.7. The van der Waals surface area contributed by atoms with Crippen molar-refractivity contribution in [3.05, 3.63) is 0 Å². The predicted molar refractivity (Wildman–Crippen MR) is 117 cm³/mol. The molecule has 0 aromatic rings. The van der Waals surface area contributed by atoms with Crippen molar-refractivity contribution in [3.63, 3.8) is 0 Å². The molecule has 0 bridgehead atoms. The number of carbonyl (C=O) groups excluding carboxylic acids is 3. The van der Waals surface area contributed by atoms with Gasteiger partial charge < -0.3 is 42.7 Å². The highest BCUT2D eigenvalue weighted by Crippen LogP contribution is 2.08. The molecule has 0 aliphatic carbocycles. The van der Waals surface area contributed by atoms with Gasteiger partial charge in [-0.25, -0.2) is 4.79 Å². The van der Waals surface area contributed by atoms with Crippen LogP contribution >= 0.6 is 0 Å². The highest BCUT2D eigenvalue weighted by molar-refractivity contribution is 5.94. The first kappa shape index (κ1) is 29.7. The maximum atomic E-state index is 12.8. The second kappa shape index (κ2) is 14.7. The Morgan fingerprint density at radius 1 is 0.812 bits per heavy atom. The van der Waals surface area contributed by atoms with Crippen molar-refractivity contribution in [3.8, 4) is 0 Å². The molecule has 0 saturated heterocycles. The summed E-state index contributed by atoms with van der Waals surface area (Å²) in [6.45, 7) is 6.58. The number of hydrogen-bond donors (Lipinski definition) is 8. The zero-order valence-corrected chi connectivity index (χ0v) is 19.2. The molecule has 6 atom stereocenters. The maximum Gasteiger partial charge on any atom is 0.328 e. The van der Waals surface area contributed by atoms with Crippen LogP contribution in [-0.4, -0.2) is 81.9 Å². The third kappa shape index (κ3) is 10.8. The van der Waals surface area contributed by atoms with Gasteiger partial charge in [0.25, 0.3) is 0 Å². The molecule has 6 unspecified atom stereocenters. The van der Waals surface area contributed by atoms with E-state index >= 15 is 0 Å². The smallest absolute Gasteiger partial charge is 0.328 e. The van der Waals surface area contributed by atoms with Crippen LogP contribution in [0.3, 0.4) is 0 Å². The first-order chi connectivity index (χ1) is 14.8.